The van der Waals surface area contributed by atoms with Crippen LogP contribution in [0.25, 0.3) is 0 Å². The van der Waals surface area contributed by atoms with Gasteiger partial charge in [-0.25, -0.2) is 4.98 Å². The van der Waals surface area contributed by atoms with Gasteiger partial charge in [0.05, 0.1) is 12.2 Å². The highest BCUT2D eigenvalue weighted by Crippen LogP contribution is 2.13. The minimum atomic E-state index is -0.195. The Bertz CT molecular complexity index is 658. The Balaban J connectivity index is 1.77. The van der Waals surface area contributed by atoms with E-state index in [9.17, 15) is 9.59 Å². The Hall–Kier alpha value is -1.95. The molecule has 0 fully saturated rings. The van der Waals surface area contributed by atoms with Gasteiger partial charge in [0.1, 0.15) is 5.76 Å². The third-order valence-electron chi connectivity index (χ3n) is 3.25. The number of benzene rings is 1. The predicted molar refractivity (Wildman–Crippen MR) is 85.5 cm³/mol. The predicted octanol–water partition coefficient (Wildman–Crippen LogP) is 3.33. The van der Waals surface area contributed by atoms with Gasteiger partial charge in [0.25, 0.3) is 0 Å². The highest BCUT2D eigenvalue weighted by Gasteiger charge is 2.11. The summed E-state index contributed by atoms with van der Waals surface area (Å²) >= 11 is 3.32. The summed E-state index contributed by atoms with van der Waals surface area (Å²) in [7, 11) is 0. The van der Waals surface area contributed by atoms with Gasteiger partial charge < -0.3 is 9.73 Å². The van der Waals surface area contributed by atoms with Crippen molar-refractivity contribution in [2.24, 2.45) is 0 Å². The van der Waals surface area contributed by atoms with Gasteiger partial charge in [-0.1, -0.05) is 28.1 Å². The standard InChI is InChI=1S/C16H17BrN2O3/c1-10-11(2)22-16(19-10)9-18-15(21)8-7-14(20)12-3-5-13(17)6-4-12/h3-6H,7-9H2,1-2H3,(H,18,21). The molecule has 0 saturated heterocycles. The van der Waals surface area contributed by atoms with E-state index in [0.717, 1.165) is 15.9 Å². The zero-order chi connectivity index (χ0) is 16.1. The minimum absolute atomic E-state index is 0.0505. The number of nitrogens with zero attached hydrogens (tertiary/aromatic N) is 1. The van der Waals surface area contributed by atoms with E-state index in [1.165, 1.54) is 0 Å². The van der Waals surface area contributed by atoms with Crippen LogP contribution in [0.5, 0.6) is 0 Å². The Morgan fingerprint density at radius 1 is 1.18 bits per heavy atom. The number of hydrogen-bond donors (Lipinski definition) is 1. The van der Waals surface area contributed by atoms with Gasteiger partial charge in [0, 0.05) is 22.9 Å². The number of rotatable bonds is 6. The molecule has 0 bridgehead atoms. The van der Waals surface area contributed by atoms with Crippen molar-refractivity contribution in [3.63, 3.8) is 0 Å². The van der Waals surface area contributed by atoms with Crippen LogP contribution in [-0.4, -0.2) is 16.7 Å². The number of carbonyl (C=O) groups is 2. The number of aryl methyl sites for hydroxylation is 2. The van der Waals surface area contributed by atoms with Crippen LogP contribution in [0.1, 0.15) is 40.5 Å². The van der Waals surface area contributed by atoms with Crippen molar-refractivity contribution >= 4 is 27.6 Å². The summed E-state index contributed by atoms with van der Waals surface area (Å²) in [4.78, 5) is 27.9. The van der Waals surface area contributed by atoms with Gasteiger partial charge in [-0.3, -0.25) is 9.59 Å². The molecular formula is C16H17BrN2O3. The van der Waals surface area contributed by atoms with Crippen molar-refractivity contribution < 1.29 is 14.0 Å². The van der Waals surface area contributed by atoms with E-state index in [-0.39, 0.29) is 31.1 Å². The van der Waals surface area contributed by atoms with Gasteiger partial charge in [0.2, 0.25) is 11.8 Å². The lowest BCUT2D eigenvalue weighted by Gasteiger charge is -2.03. The van der Waals surface area contributed by atoms with Crippen molar-refractivity contribution in [3.05, 3.63) is 51.6 Å². The van der Waals surface area contributed by atoms with Gasteiger partial charge >= 0.3 is 0 Å². The van der Waals surface area contributed by atoms with E-state index in [4.69, 9.17) is 4.42 Å². The topological polar surface area (TPSA) is 72.2 Å². The van der Waals surface area contributed by atoms with E-state index in [2.05, 4.69) is 26.2 Å². The number of amides is 1. The van der Waals surface area contributed by atoms with Crippen LogP contribution in [0.3, 0.4) is 0 Å². The number of hydrogen-bond acceptors (Lipinski definition) is 4. The van der Waals surface area contributed by atoms with Gasteiger partial charge in [-0.05, 0) is 26.0 Å². The zero-order valence-corrected chi connectivity index (χ0v) is 14.1. The zero-order valence-electron chi connectivity index (χ0n) is 12.5. The first kappa shape index (κ1) is 16.4. The number of nitrogens with one attached hydrogen (secondary N) is 1. The van der Waals surface area contributed by atoms with Crippen LogP contribution in [0.2, 0.25) is 0 Å². The van der Waals surface area contributed by atoms with Gasteiger partial charge in [-0.2, -0.15) is 0 Å². The third-order valence-corrected chi connectivity index (χ3v) is 3.78. The molecule has 0 aliphatic carbocycles. The molecule has 0 radical (unpaired) electrons. The molecule has 0 aliphatic rings. The molecule has 6 heteroatoms. The van der Waals surface area contributed by atoms with E-state index in [1.54, 1.807) is 24.3 Å². The van der Waals surface area contributed by atoms with Crippen LogP contribution in [0.15, 0.2) is 33.2 Å². The van der Waals surface area contributed by atoms with E-state index < -0.39 is 0 Å². The molecule has 1 N–H and O–H groups in total. The van der Waals surface area contributed by atoms with Crippen LogP contribution < -0.4 is 5.32 Å². The van der Waals surface area contributed by atoms with Crippen LogP contribution >= 0.6 is 15.9 Å². The third kappa shape index (κ3) is 4.53. The van der Waals surface area contributed by atoms with Crippen LogP contribution in [0.4, 0.5) is 0 Å². The molecule has 0 aliphatic heterocycles. The Morgan fingerprint density at radius 2 is 1.86 bits per heavy atom. The first-order valence-electron chi connectivity index (χ1n) is 6.94. The number of halogens is 1. The minimum Gasteiger partial charge on any atom is -0.444 e. The monoisotopic (exact) mass is 364 g/mol. The first-order chi connectivity index (χ1) is 10.5. The van der Waals surface area contributed by atoms with Crippen molar-refractivity contribution in [2.75, 3.05) is 0 Å². The van der Waals surface area contributed by atoms with E-state index in [1.807, 2.05) is 13.8 Å². The van der Waals surface area contributed by atoms with Crippen LogP contribution in [-0.2, 0) is 11.3 Å². The summed E-state index contributed by atoms with van der Waals surface area (Å²) in [5, 5.41) is 2.70. The maximum atomic E-state index is 12.0. The average molecular weight is 365 g/mol. The lowest BCUT2D eigenvalue weighted by molar-refractivity contribution is -0.121. The SMILES string of the molecule is Cc1nc(CNC(=O)CCC(=O)c2ccc(Br)cc2)oc1C. The number of oxazole rings is 1. The fraction of sp³-hybridized carbons (Fsp3) is 0.312. The molecular weight excluding hydrogens is 348 g/mol. The number of aromatic nitrogens is 1. The summed E-state index contributed by atoms with van der Waals surface area (Å²) in [5.41, 5.74) is 1.42. The van der Waals surface area contributed by atoms with Crippen molar-refractivity contribution in [1.82, 2.24) is 10.3 Å². The summed E-state index contributed by atoms with van der Waals surface area (Å²) < 4.78 is 6.29. The molecule has 1 aromatic heterocycles. The second-order valence-corrected chi connectivity index (χ2v) is 5.87. The van der Waals surface area contributed by atoms with E-state index >= 15 is 0 Å². The molecule has 2 aromatic rings. The normalized spacial score (nSPS) is 10.5. The largest absolute Gasteiger partial charge is 0.444 e. The lowest BCUT2D eigenvalue weighted by atomic mass is 10.1. The molecule has 116 valence electrons. The summed E-state index contributed by atoms with van der Waals surface area (Å²) in [6.07, 6.45) is 0.324. The number of ketones is 1. The Morgan fingerprint density at radius 3 is 2.45 bits per heavy atom. The molecule has 2 rings (SSSR count). The molecule has 0 atom stereocenters. The molecule has 0 unspecified atom stereocenters. The first-order valence-corrected chi connectivity index (χ1v) is 7.73. The second-order valence-electron chi connectivity index (χ2n) is 4.96. The van der Waals surface area contributed by atoms with Crippen molar-refractivity contribution in [2.45, 2.75) is 33.2 Å². The molecule has 1 heterocycles. The quantitative estimate of drug-likeness (QED) is 0.797. The van der Waals surface area contributed by atoms with Gasteiger partial charge in [0.15, 0.2) is 5.78 Å². The van der Waals surface area contributed by atoms with Crippen molar-refractivity contribution in [1.29, 1.82) is 0 Å². The summed E-state index contributed by atoms with van der Waals surface area (Å²) in [5.74, 6) is 0.974. The highest BCUT2D eigenvalue weighted by molar-refractivity contribution is 9.10. The second kappa shape index (κ2) is 7.35. The summed E-state index contributed by atoms with van der Waals surface area (Å²) in [6, 6.07) is 7.09. The molecule has 1 aromatic carbocycles. The fourth-order valence-corrected chi connectivity index (χ4v) is 2.15. The molecule has 0 saturated carbocycles. The number of carbonyl (C=O) groups excluding carboxylic acids is 2. The Labute approximate surface area is 137 Å². The van der Waals surface area contributed by atoms with Crippen LogP contribution in [0, 0.1) is 13.8 Å². The smallest absolute Gasteiger partial charge is 0.220 e. The molecule has 0 spiro atoms. The molecule has 5 nitrogen and oxygen atoms in total. The maximum Gasteiger partial charge on any atom is 0.220 e. The van der Waals surface area contributed by atoms with E-state index in [0.29, 0.717) is 11.5 Å². The summed E-state index contributed by atoms with van der Waals surface area (Å²) in [6.45, 7) is 3.91. The maximum absolute atomic E-state index is 12.0. The fourth-order valence-electron chi connectivity index (χ4n) is 1.88. The molecule has 22 heavy (non-hydrogen) atoms. The number of Topliss-reactive ketones (excluding diaryl/α,β-unsaturated/α-hetero) is 1. The van der Waals surface area contributed by atoms with Crippen molar-refractivity contribution in [3.8, 4) is 0 Å². The van der Waals surface area contributed by atoms with Gasteiger partial charge in [-0.15, -0.1) is 0 Å². The molecule has 1 amide bonds. The Kier molecular flexibility index (Phi) is 5.49. The lowest BCUT2D eigenvalue weighted by Crippen LogP contribution is -2.23. The average Bonchev–Trinajstić information content (AvgIpc) is 2.82. The highest BCUT2D eigenvalue weighted by atomic mass is 79.9.